The fraction of sp³-hybridized carbons (Fsp3) is 0. The Bertz CT molecular complexity index is 4590. The van der Waals surface area contributed by atoms with Crippen molar-refractivity contribution in [2.45, 2.75) is 0 Å². The standard InChI is InChI=1S/C62H33N9.2Pt/c1-7-20-52-40(14-1)44-26-24-38(32-54(44)69(52)60-22-9-11-28-63-60)67-50-18-5-3-16-42(50)46-34-48-49-35-47-43-17-4-6-19-51(43)68(57(47)37-59(49)71(58(48)36-56(46)67)62-65-30-13-31-66-62)39-25-27-45-41-15-2-8-21-53(41)70(55(45)33-39)61-23-10-12-29-64-61;;/h1-31,34-35H;;/q-4;2*+2. The molecule has 0 bridgehead atoms. The Hall–Kier alpha value is -8.48. The van der Waals surface area contributed by atoms with Gasteiger partial charge in [-0.25, -0.2) is 19.9 Å². The van der Waals surface area contributed by atoms with Crippen molar-refractivity contribution < 1.29 is 42.1 Å². The second-order valence-electron chi connectivity index (χ2n) is 18.0. The van der Waals surface area contributed by atoms with Gasteiger partial charge in [0.1, 0.15) is 11.6 Å². The quantitative estimate of drug-likeness (QED) is 0.161. The third-order valence-electron chi connectivity index (χ3n) is 14.3. The van der Waals surface area contributed by atoms with Crippen LogP contribution in [0.15, 0.2) is 201 Å². The third kappa shape index (κ3) is 6.16. The van der Waals surface area contributed by atoms with Gasteiger partial charge in [0.15, 0.2) is 0 Å². The molecule has 16 aromatic rings. The van der Waals surface area contributed by atoms with Gasteiger partial charge in [-0.15, -0.1) is 57.9 Å². The average Bonchev–Trinajstić information content (AvgIpc) is 4.21. The van der Waals surface area contributed by atoms with Gasteiger partial charge < -0.3 is 22.8 Å². The van der Waals surface area contributed by atoms with E-state index in [4.69, 9.17) is 19.9 Å². The van der Waals surface area contributed by atoms with Gasteiger partial charge in [0.25, 0.3) is 0 Å². The Morgan fingerprint density at radius 2 is 0.603 bits per heavy atom. The van der Waals surface area contributed by atoms with Gasteiger partial charge in [-0.2, -0.15) is 35.0 Å². The Labute approximate surface area is 444 Å². The molecule has 0 saturated heterocycles. The zero-order valence-corrected chi connectivity index (χ0v) is 42.8. The molecule has 0 saturated carbocycles. The van der Waals surface area contributed by atoms with Gasteiger partial charge in [-0.3, -0.25) is 0 Å². The second kappa shape index (κ2) is 16.5. The summed E-state index contributed by atoms with van der Waals surface area (Å²) in [7, 11) is 0. The number of hydrogen-bond donors (Lipinski definition) is 0. The molecular weight excluding hydrogens is 1260 g/mol. The van der Waals surface area contributed by atoms with Crippen molar-refractivity contribution in [3.63, 3.8) is 0 Å². The normalized spacial score (nSPS) is 11.9. The minimum atomic E-state index is 0. The maximum Gasteiger partial charge on any atom is 2.00 e. The number of rotatable bonds is 5. The van der Waals surface area contributed by atoms with Crippen LogP contribution in [-0.4, -0.2) is 42.8 Å². The Morgan fingerprint density at radius 3 is 1.03 bits per heavy atom. The van der Waals surface area contributed by atoms with Crippen LogP contribution in [0, 0.1) is 24.3 Å². The first-order valence-corrected chi connectivity index (χ1v) is 23.6. The largest absolute Gasteiger partial charge is 2.00 e. The third-order valence-corrected chi connectivity index (χ3v) is 14.3. The predicted molar refractivity (Wildman–Crippen MR) is 285 cm³/mol. The van der Waals surface area contributed by atoms with Crippen molar-refractivity contribution in [3.8, 4) is 29.0 Å². The van der Waals surface area contributed by atoms with E-state index in [0.717, 1.165) is 132 Å². The summed E-state index contributed by atoms with van der Waals surface area (Å²) in [5.74, 6) is 2.21. The number of fused-ring (bicyclic) bond motifs is 15. The summed E-state index contributed by atoms with van der Waals surface area (Å²) in [6, 6.07) is 77.3. The van der Waals surface area contributed by atoms with E-state index in [9.17, 15) is 0 Å². The zero-order chi connectivity index (χ0) is 46.3. The fourth-order valence-electron chi connectivity index (χ4n) is 11.3. The van der Waals surface area contributed by atoms with Crippen molar-refractivity contribution in [3.05, 3.63) is 225 Å². The number of aromatic nitrogens is 9. The summed E-state index contributed by atoms with van der Waals surface area (Å²) in [6.07, 6.45) is 7.27. The van der Waals surface area contributed by atoms with Crippen molar-refractivity contribution in [1.82, 2.24) is 42.8 Å². The van der Waals surface area contributed by atoms with Crippen LogP contribution < -0.4 is 0 Å². The van der Waals surface area contributed by atoms with Gasteiger partial charge in [0, 0.05) is 46.9 Å². The average molecular weight is 1290 g/mol. The minimum absolute atomic E-state index is 0. The summed E-state index contributed by atoms with van der Waals surface area (Å²) < 4.78 is 11.1. The van der Waals surface area contributed by atoms with Gasteiger partial charge in [0.05, 0.1) is 0 Å². The van der Waals surface area contributed by atoms with Crippen LogP contribution in [0.2, 0.25) is 0 Å². The van der Waals surface area contributed by atoms with Crippen molar-refractivity contribution in [1.29, 1.82) is 0 Å². The molecule has 8 aromatic carbocycles. The smallest absolute Gasteiger partial charge is 0.358 e. The topological polar surface area (TPSA) is 76.2 Å². The Morgan fingerprint density at radius 1 is 0.260 bits per heavy atom. The second-order valence-corrected chi connectivity index (χ2v) is 18.0. The number of nitrogens with zero attached hydrogens (tertiary/aromatic N) is 9. The van der Waals surface area contributed by atoms with E-state index in [2.05, 4.69) is 181 Å². The van der Waals surface area contributed by atoms with Crippen LogP contribution in [0.5, 0.6) is 0 Å². The van der Waals surface area contributed by atoms with Gasteiger partial charge in [-0.1, -0.05) is 129 Å². The van der Waals surface area contributed by atoms with Crippen LogP contribution in [0.3, 0.4) is 0 Å². The molecule has 0 spiro atoms. The molecule has 0 atom stereocenters. The van der Waals surface area contributed by atoms with E-state index in [0.29, 0.717) is 5.95 Å². The molecule has 0 amide bonds. The first-order valence-electron chi connectivity index (χ1n) is 23.6. The Balaban J connectivity index is 0.00000247. The van der Waals surface area contributed by atoms with E-state index >= 15 is 0 Å². The van der Waals surface area contributed by atoms with Gasteiger partial charge >= 0.3 is 42.1 Å². The number of hydrogen-bond acceptors (Lipinski definition) is 4. The summed E-state index contributed by atoms with van der Waals surface area (Å²) >= 11 is 0. The summed E-state index contributed by atoms with van der Waals surface area (Å²) in [4.78, 5) is 19.4. The molecule has 11 heteroatoms. The van der Waals surface area contributed by atoms with Gasteiger partial charge in [-0.05, 0) is 76.1 Å². The molecule has 346 valence electrons. The minimum Gasteiger partial charge on any atom is -0.358 e. The molecule has 0 N–H and O–H groups in total. The Kier molecular flexibility index (Phi) is 9.81. The van der Waals surface area contributed by atoms with E-state index in [1.165, 1.54) is 0 Å². The molecule has 16 rings (SSSR count). The molecule has 8 heterocycles. The zero-order valence-electron chi connectivity index (χ0n) is 38.2. The van der Waals surface area contributed by atoms with E-state index in [1.54, 1.807) is 12.4 Å². The molecular formula is C62H33N9Pt2. The van der Waals surface area contributed by atoms with Crippen LogP contribution in [0.25, 0.3) is 138 Å². The SMILES string of the molecule is [Pt+2].[Pt+2].[c-]1c2c(cc3c4ccccc4n(-c4[c-]c5c(cc4)c4ccccc4n5-c4ccccn4)c13)c1cc3c4ccccc4n(-c4[c-]c5c(cc4)c4ccccc4n5-c4ccccn4)c3[c-]c1n2-c1ncccn1. The number of pyridine rings is 2. The first kappa shape index (κ1) is 43.3. The van der Waals surface area contributed by atoms with Gasteiger partial charge in [0.2, 0.25) is 5.95 Å². The van der Waals surface area contributed by atoms with E-state index in [-0.39, 0.29) is 42.1 Å². The maximum atomic E-state index is 4.88. The van der Waals surface area contributed by atoms with E-state index in [1.807, 2.05) is 54.9 Å². The summed E-state index contributed by atoms with van der Waals surface area (Å²) in [6.45, 7) is 0. The molecule has 0 aliphatic heterocycles. The molecule has 73 heavy (non-hydrogen) atoms. The number of para-hydroxylation sites is 4. The molecule has 8 aromatic heterocycles. The van der Waals surface area contributed by atoms with Crippen LogP contribution in [0.1, 0.15) is 0 Å². The first-order chi connectivity index (χ1) is 35.2. The van der Waals surface area contributed by atoms with Crippen molar-refractivity contribution >= 4 is 109 Å². The molecule has 0 unspecified atom stereocenters. The van der Waals surface area contributed by atoms with Crippen molar-refractivity contribution in [2.75, 3.05) is 0 Å². The molecule has 0 fully saturated rings. The van der Waals surface area contributed by atoms with Crippen LogP contribution >= 0.6 is 0 Å². The molecule has 0 aliphatic rings. The monoisotopic (exact) mass is 1290 g/mol. The summed E-state index contributed by atoms with van der Waals surface area (Å²) in [5, 5.41) is 11.0. The molecule has 0 aliphatic carbocycles. The summed E-state index contributed by atoms with van der Waals surface area (Å²) in [5.41, 5.74) is 11.5. The maximum absolute atomic E-state index is 4.88. The van der Waals surface area contributed by atoms with Crippen molar-refractivity contribution in [2.24, 2.45) is 0 Å². The number of benzene rings is 8. The van der Waals surface area contributed by atoms with E-state index < -0.39 is 0 Å². The molecule has 0 radical (unpaired) electrons. The van der Waals surface area contributed by atoms with Crippen LogP contribution in [0.4, 0.5) is 0 Å². The molecule has 9 nitrogen and oxygen atoms in total. The predicted octanol–water partition coefficient (Wildman–Crippen LogP) is 13.9. The fourth-order valence-corrected chi connectivity index (χ4v) is 11.3. The van der Waals surface area contributed by atoms with Crippen LogP contribution in [-0.2, 0) is 42.1 Å².